The van der Waals surface area contributed by atoms with E-state index in [9.17, 15) is 9.59 Å². The molecule has 0 aliphatic carbocycles. The van der Waals surface area contributed by atoms with Crippen LogP contribution in [-0.2, 0) is 26.2 Å². The Morgan fingerprint density at radius 1 is 0.703 bits per heavy atom. The summed E-state index contributed by atoms with van der Waals surface area (Å²) in [4.78, 5) is 26.4. The van der Waals surface area contributed by atoms with Crippen LogP contribution in [0.4, 0.5) is 0 Å². The Bertz CT molecular complexity index is 1160. The summed E-state index contributed by atoms with van der Waals surface area (Å²) in [6.07, 6.45) is 2.23. The number of aryl methyl sites for hydroxylation is 1. The van der Waals surface area contributed by atoms with Crippen molar-refractivity contribution in [3.8, 4) is 0 Å². The van der Waals surface area contributed by atoms with Gasteiger partial charge in [0.2, 0.25) is 5.91 Å². The number of hydrogen-bond acceptors (Lipinski definition) is 3. The molecule has 4 nitrogen and oxygen atoms in total. The van der Waals surface area contributed by atoms with E-state index in [0.717, 1.165) is 29.5 Å². The van der Waals surface area contributed by atoms with Gasteiger partial charge in [0.1, 0.15) is 6.04 Å². The summed E-state index contributed by atoms with van der Waals surface area (Å²) in [5.41, 5.74) is 3.52. The van der Waals surface area contributed by atoms with Gasteiger partial charge in [0, 0.05) is 6.42 Å². The van der Waals surface area contributed by atoms with Crippen molar-refractivity contribution in [3.05, 3.63) is 144 Å². The highest BCUT2D eigenvalue weighted by Gasteiger charge is 2.39. The average molecular weight is 492 g/mol. The molecule has 1 amide bonds. The van der Waals surface area contributed by atoms with E-state index in [-0.39, 0.29) is 12.3 Å². The minimum absolute atomic E-state index is 0.150. The maximum Gasteiger partial charge on any atom is 0.328 e. The number of benzene rings is 4. The van der Waals surface area contributed by atoms with E-state index in [0.29, 0.717) is 6.42 Å². The average Bonchev–Trinajstić information content (AvgIpc) is 2.97. The van der Waals surface area contributed by atoms with Crippen LogP contribution in [0.15, 0.2) is 121 Å². The molecule has 4 heteroatoms. The quantitative estimate of drug-likeness (QED) is 0.204. The predicted molar refractivity (Wildman–Crippen MR) is 147 cm³/mol. The molecule has 1 N–H and O–H groups in total. The second-order valence-electron chi connectivity index (χ2n) is 9.20. The van der Waals surface area contributed by atoms with E-state index in [1.54, 1.807) is 0 Å². The molecule has 0 aliphatic heterocycles. The highest BCUT2D eigenvalue weighted by atomic mass is 16.5. The number of methoxy groups -OCH3 is 1. The van der Waals surface area contributed by atoms with Gasteiger partial charge in [-0.25, -0.2) is 4.79 Å². The molecule has 4 aromatic carbocycles. The Kier molecular flexibility index (Phi) is 8.88. The van der Waals surface area contributed by atoms with Gasteiger partial charge in [-0.05, 0) is 41.5 Å². The highest BCUT2D eigenvalue weighted by Crippen LogP contribution is 2.42. The second-order valence-corrected chi connectivity index (χ2v) is 9.20. The molecule has 188 valence electrons. The standard InChI is InChI=1S/C33H33NO3/c1-37-32(36)30(24-14-17-26-15-6-2-7-16-26)34-31(35)25-33(27-18-8-3-9-19-27,28-20-10-4-11-21-28)29-22-12-5-13-23-29/h2-13,15-16,18-23,30H,14,17,24-25H2,1H3,(H,34,35)/t30-/m1/s1. The lowest BCUT2D eigenvalue weighted by atomic mass is 9.67. The lowest BCUT2D eigenvalue weighted by Crippen LogP contribution is -2.45. The third-order valence-electron chi connectivity index (χ3n) is 6.85. The van der Waals surface area contributed by atoms with Crippen molar-refractivity contribution in [2.24, 2.45) is 0 Å². The number of nitrogens with one attached hydrogen (secondary N) is 1. The van der Waals surface area contributed by atoms with Crippen molar-refractivity contribution in [2.75, 3.05) is 7.11 Å². The topological polar surface area (TPSA) is 55.4 Å². The van der Waals surface area contributed by atoms with Crippen molar-refractivity contribution in [1.82, 2.24) is 5.32 Å². The molecule has 4 rings (SSSR count). The largest absolute Gasteiger partial charge is 0.467 e. The van der Waals surface area contributed by atoms with Gasteiger partial charge in [0.25, 0.3) is 0 Å². The summed E-state index contributed by atoms with van der Waals surface area (Å²) in [7, 11) is 1.36. The summed E-state index contributed by atoms with van der Waals surface area (Å²) in [5.74, 6) is -0.627. The van der Waals surface area contributed by atoms with Crippen LogP contribution in [-0.4, -0.2) is 25.0 Å². The number of carbonyl (C=O) groups is 2. The molecule has 0 radical (unpaired) electrons. The number of rotatable bonds is 11. The number of ether oxygens (including phenoxy) is 1. The first-order valence-corrected chi connectivity index (χ1v) is 12.7. The van der Waals surface area contributed by atoms with Crippen molar-refractivity contribution in [2.45, 2.75) is 37.1 Å². The summed E-state index contributed by atoms with van der Waals surface area (Å²) >= 11 is 0. The van der Waals surface area contributed by atoms with Gasteiger partial charge in [-0.1, -0.05) is 121 Å². The van der Waals surface area contributed by atoms with Crippen LogP contribution >= 0.6 is 0 Å². The van der Waals surface area contributed by atoms with Crippen LogP contribution < -0.4 is 5.32 Å². The molecule has 0 saturated carbocycles. The van der Waals surface area contributed by atoms with Crippen LogP contribution in [0.25, 0.3) is 0 Å². The van der Waals surface area contributed by atoms with E-state index in [2.05, 4.69) is 53.8 Å². The van der Waals surface area contributed by atoms with E-state index >= 15 is 0 Å². The van der Waals surface area contributed by atoms with Gasteiger partial charge in [-0.15, -0.1) is 0 Å². The Balaban J connectivity index is 1.63. The first-order valence-electron chi connectivity index (χ1n) is 12.7. The molecule has 0 aliphatic rings. The van der Waals surface area contributed by atoms with E-state index in [1.165, 1.54) is 12.7 Å². The van der Waals surface area contributed by atoms with Gasteiger partial charge in [-0.3, -0.25) is 4.79 Å². The van der Waals surface area contributed by atoms with E-state index in [4.69, 9.17) is 4.74 Å². The highest BCUT2D eigenvalue weighted by molar-refractivity contribution is 5.86. The monoisotopic (exact) mass is 491 g/mol. The molecule has 0 bridgehead atoms. The molecule has 4 aromatic rings. The van der Waals surface area contributed by atoms with Crippen LogP contribution in [0.5, 0.6) is 0 Å². The lowest BCUT2D eigenvalue weighted by molar-refractivity contribution is -0.145. The van der Waals surface area contributed by atoms with Gasteiger partial charge in [0.05, 0.1) is 12.5 Å². The SMILES string of the molecule is COC(=O)[C@@H](CCCc1ccccc1)NC(=O)CC(c1ccccc1)(c1ccccc1)c1ccccc1. The molecule has 0 saturated heterocycles. The minimum Gasteiger partial charge on any atom is -0.467 e. The second kappa shape index (κ2) is 12.7. The summed E-state index contributed by atoms with van der Waals surface area (Å²) in [6, 6.07) is 39.7. The van der Waals surface area contributed by atoms with E-state index in [1.807, 2.05) is 72.8 Å². The maximum absolute atomic E-state index is 13.7. The fourth-order valence-corrected chi connectivity index (χ4v) is 5.01. The number of hydrogen-bond donors (Lipinski definition) is 1. The first-order chi connectivity index (χ1) is 18.1. The van der Waals surface area contributed by atoms with E-state index < -0.39 is 17.4 Å². The van der Waals surface area contributed by atoms with Crippen LogP contribution in [0.2, 0.25) is 0 Å². The molecule has 0 unspecified atom stereocenters. The summed E-state index contributed by atoms with van der Waals surface area (Å²) < 4.78 is 5.05. The van der Waals surface area contributed by atoms with Gasteiger partial charge < -0.3 is 10.1 Å². The van der Waals surface area contributed by atoms with Crippen molar-refractivity contribution < 1.29 is 14.3 Å². The van der Waals surface area contributed by atoms with Crippen LogP contribution in [0.1, 0.15) is 41.5 Å². The fraction of sp³-hybridized carbons (Fsp3) is 0.212. The molecule has 37 heavy (non-hydrogen) atoms. The normalized spacial score (nSPS) is 11.9. The van der Waals surface area contributed by atoms with Gasteiger partial charge >= 0.3 is 5.97 Å². The Morgan fingerprint density at radius 3 is 1.57 bits per heavy atom. The van der Waals surface area contributed by atoms with Crippen molar-refractivity contribution in [1.29, 1.82) is 0 Å². The summed E-state index contributed by atoms with van der Waals surface area (Å²) in [6.45, 7) is 0. The molecule has 0 spiro atoms. The zero-order valence-corrected chi connectivity index (χ0v) is 21.2. The zero-order valence-electron chi connectivity index (χ0n) is 21.2. The molecule has 0 aromatic heterocycles. The van der Waals surface area contributed by atoms with Crippen molar-refractivity contribution >= 4 is 11.9 Å². The Labute approximate surface area is 219 Å². The minimum atomic E-state index is -0.724. The number of amides is 1. The summed E-state index contributed by atoms with van der Waals surface area (Å²) in [5, 5.41) is 3.01. The number of esters is 1. The predicted octanol–water partition coefficient (Wildman–Crippen LogP) is 6.09. The smallest absolute Gasteiger partial charge is 0.328 e. The Morgan fingerprint density at radius 2 is 1.14 bits per heavy atom. The molecule has 0 fully saturated rings. The molecule has 1 atom stereocenters. The van der Waals surface area contributed by atoms with Crippen LogP contribution in [0.3, 0.4) is 0 Å². The zero-order chi connectivity index (χ0) is 25.9. The fourth-order valence-electron chi connectivity index (χ4n) is 5.01. The third-order valence-corrected chi connectivity index (χ3v) is 6.85. The van der Waals surface area contributed by atoms with Gasteiger partial charge in [0.15, 0.2) is 0 Å². The van der Waals surface area contributed by atoms with Crippen molar-refractivity contribution in [3.63, 3.8) is 0 Å². The molecular formula is C33H33NO3. The third kappa shape index (κ3) is 6.34. The lowest BCUT2D eigenvalue weighted by Gasteiger charge is -2.36. The van der Waals surface area contributed by atoms with Crippen LogP contribution in [0, 0.1) is 0 Å². The van der Waals surface area contributed by atoms with Gasteiger partial charge in [-0.2, -0.15) is 0 Å². The maximum atomic E-state index is 13.7. The number of carbonyl (C=O) groups excluding carboxylic acids is 2. The first kappa shape index (κ1) is 25.9. The Hall–Kier alpha value is -4.18. The molecular weight excluding hydrogens is 458 g/mol. The molecule has 0 heterocycles.